The molecule has 0 saturated heterocycles. The van der Waals surface area contributed by atoms with E-state index >= 15 is 0 Å². The average molecular weight is 262 g/mol. The van der Waals surface area contributed by atoms with Gasteiger partial charge in [-0.3, -0.25) is 4.79 Å². The van der Waals surface area contributed by atoms with E-state index in [1.54, 1.807) is 38.1 Å². The Labute approximate surface area is 112 Å². The molecule has 102 valence electrons. The standard InChI is InChI=1S/C14H18N2O3/c1-14(2,15)9-12(17)16-11-6-3-10(4-7-11)5-8-13(18)19/h3-8H,9,15H2,1-2H3,(H,16,17)(H,18,19)/b8-5+. The van der Waals surface area contributed by atoms with Crippen molar-refractivity contribution in [3.8, 4) is 0 Å². The topological polar surface area (TPSA) is 92.4 Å². The lowest BCUT2D eigenvalue weighted by atomic mass is 10.0. The number of carboxylic acid groups (broad SMARTS) is 1. The van der Waals surface area contributed by atoms with E-state index in [0.29, 0.717) is 5.69 Å². The molecule has 1 rings (SSSR count). The number of hydrogen-bond acceptors (Lipinski definition) is 3. The fourth-order valence-corrected chi connectivity index (χ4v) is 1.46. The molecule has 4 N–H and O–H groups in total. The number of carbonyl (C=O) groups is 2. The first-order valence-corrected chi connectivity index (χ1v) is 5.86. The number of hydrogen-bond donors (Lipinski definition) is 3. The Balaban J connectivity index is 2.62. The molecule has 5 heteroatoms. The molecule has 19 heavy (non-hydrogen) atoms. The number of carboxylic acids is 1. The van der Waals surface area contributed by atoms with Crippen LogP contribution in [0.25, 0.3) is 6.08 Å². The van der Waals surface area contributed by atoms with Gasteiger partial charge in [0.05, 0.1) is 0 Å². The number of rotatable bonds is 5. The zero-order valence-electron chi connectivity index (χ0n) is 11.0. The van der Waals surface area contributed by atoms with E-state index in [9.17, 15) is 9.59 Å². The van der Waals surface area contributed by atoms with E-state index in [2.05, 4.69) is 5.32 Å². The molecule has 0 aliphatic heterocycles. The molecule has 0 aromatic heterocycles. The van der Waals surface area contributed by atoms with E-state index in [0.717, 1.165) is 11.6 Å². The average Bonchev–Trinajstić information content (AvgIpc) is 2.25. The molecule has 0 atom stereocenters. The molecule has 0 bridgehead atoms. The van der Waals surface area contributed by atoms with Crippen LogP contribution in [0, 0.1) is 0 Å². The molecule has 0 saturated carbocycles. The summed E-state index contributed by atoms with van der Waals surface area (Å²) in [4.78, 5) is 22.0. The van der Waals surface area contributed by atoms with Gasteiger partial charge in [0.25, 0.3) is 0 Å². The molecule has 1 aromatic rings. The van der Waals surface area contributed by atoms with E-state index in [1.807, 2.05) is 0 Å². The molecule has 0 spiro atoms. The summed E-state index contributed by atoms with van der Waals surface area (Å²) in [5.74, 6) is -1.15. The highest BCUT2D eigenvalue weighted by Gasteiger charge is 2.16. The Morgan fingerprint density at radius 1 is 1.32 bits per heavy atom. The van der Waals surface area contributed by atoms with Crippen LogP contribution in [-0.2, 0) is 9.59 Å². The summed E-state index contributed by atoms with van der Waals surface area (Å²) in [5.41, 5.74) is 6.61. The lowest BCUT2D eigenvalue weighted by Crippen LogP contribution is -2.36. The van der Waals surface area contributed by atoms with Crippen molar-refractivity contribution < 1.29 is 14.7 Å². The monoisotopic (exact) mass is 262 g/mol. The predicted molar refractivity (Wildman–Crippen MR) is 74.6 cm³/mol. The van der Waals surface area contributed by atoms with Gasteiger partial charge in [0, 0.05) is 23.7 Å². The van der Waals surface area contributed by atoms with Crippen molar-refractivity contribution >= 4 is 23.6 Å². The third-order valence-corrected chi connectivity index (χ3v) is 2.23. The van der Waals surface area contributed by atoms with Gasteiger partial charge in [0.1, 0.15) is 0 Å². The summed E-state index contributed by atoms with van der Waals surface area (Å²) >= 11 is 0. The summed E-state index contributed by atoms with van der Waals surface area (Å²) in [6, 6.07) is 6.87. The van der Waals surface area contributed by atoms with Crippen LogP contribution in [0.5, 0.6) is 0 Å². The van der Waals surface area contributed by atoms with Crippen LogP contribution < -0.4 is 11.1 Å². The van der Waals surface area contributed by atoms with Crippen LogP contribution in [-0.4, -0.2) is 22.5 Å². The smallest absolute Gasteiger partial charge is 0.328 e. The predicted octanol–water partition coefficient (Wildman–Crippen LogP) is 1.85. The Hall–Kier alpha value is -2.14. The van der Waals surface area contributed by atoms with E-state index in [1.165, 1.54) is 6.08 Å². The van der Waals surface area contributed by atoms with Crippen LogP contribution in [0.2, 0.25) is 0 Å². The number of nitrogens with two attached hydrogens (primary N) is 1. The fraction of sp³-hybridized carbons (Fsp3) is 0.286. The van der Waals surface area contributed by atoms with E-state index in [-0.39, 0.29) is 12.3 Å². The number of nitrogens with one attached hydrogen (secondary N) is 1. The maximum absolute atomic E-state index is 11.6. The molecule has 1 aromatic carbocycles. The second-order valence-corrected chi connectivity index (χ2v) is 5.01. The van der Waals surface area contributed by atoms with Crippen molar-refractivity contribution in [1.29, 1.82) is 0 Å². The first-order valence-electron chi connectivity index (χ1n) is 5.86. The van der Waals surface area contributed by atoms with E-state index in [4.69, 9.17) is 10.8 Å². The number of anilines is 1. The summed E-state index contributed by atoms with van der Waals surface area (Å²) in [6.45, 7) is 3.57. The van der Waals surface area contributed by atoms with Gasteiger partial charge in [0.2, 0.25) is 5.91 Å². The van der Waals surface area contributed by atoms with Gasteiger partial charge in [-0.25, -0.2) is 4.79 Å². The SMILES string of the molecule is CC(C)(N)CC(=O)Nc1ccc(/C=C/C(=O)O)cc1. The Bertz CT molecular complexity index is 484. The summed E-state index contributed by atoms with van der Waals surface area (Å²) in [6.07, 6.45) is 2.77. The molecule has 0 aliphatic carbocycles. The van der Waals surface area contributed by atoms with Crippen molar-refractivity contribution in [2.75, 3.05) is 5.32 Å². The maximum atomic E-state index is 11.6. The quantitative estimate of drug-likeness (QED) is 0.706. The minimum absolute atomic E-state index is 0.152. The van der Waals surface area contributed by atoms with Crippen molar-refractivity contribution in [2.45, 2.75) is 25.8 Å². The molecular weight excluding hydrogens is 244 g/mol. The van der Waals surface area contributed by atoms with Gasteiger partial charge in [0.15, 0.2) is 0 Å². The summed E-state index contributed by atoms with van der Waals surface area (Å²) in [5, 5.41) is 11.2. The third-order valence-electron chi connectivity index (χ3n) is 2.23. The number of aliphatic carboxylic acids is 1. The number of carbonyl (C=O) groups excluding carboxylic acids is 1. The third kappa shape index (κ3) is 6.38. The van der Waals surface area contributed by atoms with Crippen molar-refractivity contribution in [3.63, 3.8) is 0 Å². The molecule has 0 radical (unpaired) electrons. The molecule has 1 amide bonds. The first-order chi connectivity index (χ1) is 8.76. The van der Waals surface area contributed by atoms with Gasteiger partial charge in [-0.2, -0.15) is 0 Å². The van der Waals surface area contributed by atoms with Crippen LogP contribution in [0.1, 0.15) is 25.8 Å². The lowest BCUT2D eigenvalue weighted by molar-refractivity contribution is -0.131. The second-order valence-electron chi connectivity index (χ2n) is 5.01. The molecule has 0 unspecified atom stereocenters. The fourth-order valence-electron chi connectivity index (χ4n) is 1.46. The van der Waals surface area contributed by atoms with Gasteiger partial charge in [-0.05, 0) is 37.6 Å². The summed E-state index contributed by atoms with van der Waals surface area (Å²) < 4.78 is 0. The zero-order valence-corrected chi connectivity index (χ0v) is 11.0. The largest absolute Gasteiger partial charge is 0.478 e. The van der Waals surface area contributed by atoms with Crippen LogP contribution >= 0.6 is 0 Å². The van der Waals surface area contributed by atoms with Crippen LogP contribution in [0.15, 0.2) is 30.3 Å². The van der Waals surface area contributed by atoms with Gasteiger partial charge in [-0.1, -0.05) is 12.1 Å². The van der Waals surface area contributed by atoms with E-state index < -0.39 is 11.5 Å². The van der Waals surface area contributed by atoms with Crippen LogP contribution in [0.3, 0.4) is 0 Å². The van der Waals surface area contributed by atoms with Gasteiger partial charge < -0.3 is 16.2 Å². The molecule has 0 fully saturated rings. The first kappa shape index (κ1) is 14.9. The lowest BCUT2D eigenvalue weighted by Gasteiger charge is -2.17. The van der Waals surface area contributed by atoms with Crippen molar-refractivity contribution in [1.82, 2.24) is 0 Å². The Morgan fingerprint density at radius 2 is 1.89 bits per heavy atom. The summed E-state index contributed by atoms with van der Waals surface area (Å²) in [7, 11) is 0. The van der Waals surface area contributed by atoms with Crippen molar-refractivity contribution in [2.24, 2.45) is 5.73 Å². The van der Waals surface area contributed by atoms with Crippen LogP contribution in [0.4, 0.5) is 5.69 Å². The Morgan fingerprint density at radius 3 is 2.37 bits per heavy atom. The number of amides is 1. The normalized spacial score (nSPS) is 11.5. The molecule has 0 heterocycles. The highest BCUT2D eigenvalue weighted by atomic mass is 16.4. The maximum Gasteiger partial charge on any atom is 0.328 e. The highest BCUT2D eigenvalue weighted by Crippen LogP contribution is 2.12. The Kier molecular flexibility index (Phi) is 4.83. The molecule has 5 nitrogen and oxygen atoms in total. The van der Waals surface area contributed by atoms with Gasteiger partial charge >= 0.3 is 5.97 Å². The molecule has 0 aliphatic rings. The second kappa shape index (κ2) is 6.15. The number of benzene rings is 1. The molecular formula is C14H18N2O3. The highest BCUT2D eigenvalue weighted by molar-refractivity contribution is 5.91. The zero-order chi connectivity index (χ0) is 14.5. The van der Waals surface area contributed by atoms with Gasteiger partial charge in [-0.15, -0.1) is 0 Å². The minimum atomic E-state index is -0.998. The minimum Gasteiger partial charge on any atom is -0.478 e. The van der Waals surface area contributed by atoms with Crippen molar-refractivity contribution in [3.05, 3.63) is 35.9 Å².